The van der Waals surface area contributed by atoms with Crippen LogP contribution in [0.1, 0.15) is 39.7 Å². The molecule has 3 rings (SSSR count). The number of ether oxygens (including phenoxy) is 1. The molecular formula is C30H39F2N4O9P2+. The first-order valence-electron chi connectivity index (χ1n) is 14.9. The molecule has 1 unspecified atom stereocenters. The lowest BCUT2D eigenvalue weighted by atomic mass is 10.1. The molecule has 17 heteroatoms. The number of carbonyl (C=O) groups excluding carboxylic acids is 2. The number of hydrazine groups is 1. The summed E-state index contributed by atoms with van der Waals surface area (Å²) >= 11 is 0. The van der Waals surface area contributed by atoms with E-state index in [9.17, 15) is 27.5 Å². The Bertz CT molecular complexity index is 1560. The largest absolute Gasteiger partial charge is 0.510 e. The lowest BCUT2D eigenvalue weighted by Crippen LogP contribution is -2.52. The molecule has 1 heterocycles. The molecule has 47 heavy (non-hydrogen) atoms. The Labute approximate surface area is 272 Å². The van der Waals surface area contributed by atoms with E-state index in [4.69, 9.17) is 22.8 Å². The highest BCUT2D eigenvalue weighted by Crippen LogP contribution is 2.51. The van der Waals surface area contributed by atoms with Crippen LogP contribution in [0, 0.1) is 11.6 Å². The Morgan fingerprint density at radius 2 is 1.72 bits per heavy atom. The number of benzene rings is 2. The van der Waals surface area contributed by atoms with Crippen LogP contribution in [0.4, 0.5) is 19.4 Å². The number of nitrogens with one attached hydrogen (secondary N) is 2. The van der Waals surface area contributed by atoms with Crippen molar-refractivity contribution in [2.24, 2.45) is 0 Å². The maximum Gasteiger partial charge on any atom is 0.510 e. The van der Waals surface area contributed by atoms with Crippen LogP contribution in [0.25, 0.3) is 10.8 Å². The van der Waals surface area contributed by atoms with Crippen molar-refractivity contribution in [1.29, 1.82) is 0 Å². The highest BCUT2D eigenvalue weighted by Gasteiger charge is 2.38. The third kappa shape index (κ3) is 12.0. The Morgan fingerprint density at radius 1 is 1.02 bits per heavy atom. The number of anilines is 1. The molecule has 0 radical (unpaired) electrons. The van der Waals surface area contributed by atoms with Crippen LogP contribution in [0.2, 0.25) is 0 Å². The smallest absolute Gasteiger partial charge is 0.447 e. The van der Waals surface area contributed by atoms with Crippen LogP contribution >= 0.6 is 15.9 Å². The van der Waals surface area contributed by atoms with E-state index in [1.807, 2.05) is 24.3 Å². The van der Waals surface area contributed by atoms with Crippen LogP contribution in [-0.4, -0.2) is 66.7 Å². The minimum absolute atomic E-state index is 0.0303. The van der Waals surface area contributed by atoms with Crippen LogP contribution in [0.3, 0.4) is 0 Å². The van der Waals surface area contributed by atoms with Crippen LogP contribution in [-0.2, 0) is 43.3 Å². The monoisotopic (exact) mass is 699 g/mol. The van der Waals surface area contributed by atoms with Gasteiger partial charge in [0.2, 0.25) is 12.1 Å². The lowest BCUT2D eigenvalue weighted by molar-refractivity contribution is -0.137. The molecule has 13 nitrogen and oxygen atoms in total. The average Bonchev–Trinajstić information content (AvgIpc) is 3.01. The standard InChI is InChI=1S/C30H38F2N4O9P2/c1-5-42-46(39)20-26(45-47(40,43-6-2)44-7-3)16-25(36(21(4)37)34-18-24-13-10-14-27(31)29(24)32)19-41-30(38)35-28-15-22-11-8-9-12-23(22)17-33-28/h8-15,17,25-26,34H,5-7,16,18-20H2,1-4H3/p+1/t25-,26+/m0/s1. The quantitative estimate of drug-likeness (QED) is 0.101. The number of phosphoric ester groups is 1. The zero-order chi connectivity index (χ0) is 34.4. The first-order chi connectivity index (χ1) is 22.5. The van der Waals surface area contributed by atoms with Gasteiger partial charge in [-0.3, -0.25) is 28.7 Å². The van der Waals surface area contributed by atoms with Crippen LogP contribution in [0.15, 0.2) is 54.7 Å². The molecule has 2 aromatic carbocycles. The number of nitrogens with zero attached hydrogens (tertiary/aromatic N) is 2. The topological polar surface area (TPSA) is 155 Å². The summed E-state index contributed by atoms with van der Waals surface area (Å²) in [6, 6.07) is 11.6. The molecule has 0 saturated carbocycles. The highest BCUT2D eigenvalue weighted by atomic mass is 31.2. The number of pyridine rings is 1. The van der Waals surface area contributed by atoms with Crippen molar-refractivity contribution in [3.8, 4) is 0 Å². The molecule has 0 spiro atoms. The SMILES string of the molecule is CCO[P+](=O)C[C@@H](C[C@@H](COC(=O)Nc1cc2ccccc2cn1)N(NCc1cccc(F)c1F)C(C)=O)OP(=O)(OCC)OCC. The van der Waals surface area contributed by atoms with Crippen LogP contribution in [0.5, 0.6) is 0 Å². The van der Waals surface area contributed by atoms with E-state index in [1.54, 1.807) is 33.0 Å². The van der Waals surface area contributed by atoms with Crippen molar-refractivity contribution in [3.05, 3.63) is 71.9 Å². The second-order valence-corrected chi connectivity index (χ2v) is 12.8. The molecule has 0 fully saturated rings. The van der Waals surface area contributed by atoms with Crippen molar-refractivity contribution in [2.75, 3.05) is 37.9 Å². The normalized spacial score (nSPS) is 13.2. The number of hydrogen-bond acceptors (Lipinski definition) is 11. The van der Waals surface area contributed by atoms with Gasteiger partial charge in [0.15, 0.2) is 11.6 Å². The molecule has 3 atom stereocenters. The molecule has 0 aliphatic carbocycles. The highest BCUT2D eigenvalue weighted by molar-refractivity contribution is 7.48. The van der Waals surface area contributed by atoms with Gasteiger partial charge in [-0.2, -0.15) is 0 Å². The fourth-order valence-electron chi connectivity index (χ4n) is 4.48. The van der Waals surface area contributed by atoms with E-state index in [2.05, 4.69) is 15.7 Å². The summed E-state index contributed by atoms with van der Waals surface area (Å²) < 4.78 is 81.2. The summed E-state index contributed by atoms with van der Waals surface area (Å²) in [6.07, 6.45) is -1.04. The molecule has 256 valence electrons. The van der Waals surface area contributed by atoms with Gasteiger partial charge in [0.05, 0.1) is 25.9 Å². The Balaban J connectivity index is 1.88. The van der Waals surface area contributed by atoms with Gasteiger partial charge < -0.3 is 4.74 Å². The van der Waals surface area contributed by atoms with Gasteiger partial charge in [0.1, 0.15) is 18.5 Å². The van der Waals surface area contributed by atoms with Crippen molar-refractivity contribution in [2.45, 2.75) is 52.8 Å². The number of carbonyl (C=O) groups is 2. The summed E-state index contributed by atoms with van der Waals surface area (Å²) in [5.41, 5.74) is 2.67. The van der Waals surface area contributed by atoms with Gasteiger partial charge in [-0.1, -0.05) is 36.4 Å². The predicted octanol–water partition coefficient (Wildman–Crippen LogP) is 6.72. The Hall–Kier alpha value is -3.42. The first-order valence-corrected chi connectivity index (χ1v) is 17.7. The molecule has 2 amide bonds. The molecule has 2 N–H and O–H groups in total. The molecular weight excluding hydrogens is 660 g/mol. The zero-order valence-electron chi connectivity index (χ0n) is 26.5. The molecule has 3 aromatic rings. The minimum atomic E-state index is -4.17. The summed E-state index contributed by atoms with van der Waals surface area (Å²) in [6.45, 7) is 5.25. The van der Waals surface area contributed by atoms with Crippen LogP contribution < -0.4 is 10.7 Å². The van der Waals surface area contributed by atoms with Gasteiger partial charge in [-0.15, -0.1) is 4.52 Å². The van der Waals surface area contributed by atoms with E-state index in [1.165, 1.54) is 19.1 Å². The van der Waals surface area contributed by atoms with E-state index in [0.717, 1.165) is 21.8 Å². The summed E-state index contributed by atoms with van der Waals surface area (Å²) in [4.78, 5) is 30.0. The summed E-state index contributed by atoms with van der Waals surface area (Å²) in [7, 11) is -6.50. The number of phosphoric acid groups is 1. The summed E-state index contributed by atoms with van der Waals surface area (Å²) in [5, 5.41) is 5.26. The van der Waals surface area contributed by atoms with Crippen molar-refractivity contribution in [3.63, 3.8) is 0 Å². The second-order valence-electron chi connectivity index (χ2n) is 9.91. The molecule has 0 aliphatic heterocycles. The number of rotatable bonds is 19. The van der Waals surface area contributed by atoms with E-state index in [0.29, 0.717) is 0 Å². The van der Waals surface area contributed by atoms with Crippen molar-refractivity contribution < 1.29 is 50.3 Å². The van der Waals surface area contributed by atoms with E-state index in [-0.39, 0.29) is 50.3 Å². The van der Waals surface area contributed by atoms with Gasteiger partial charge in [0, 0.05) is 37.0 Å². The third-order valence-electron chi connectivity index (χ3n) is 6.46. The van der Waals surface area contributed by atoms with Crippen molar-refractivity contribution >= 4 is 44.4 Å². The summed E-state index contributed by atoms with van der Waals surface area (Å²) in [5.74, 6) is -2.58. The number of halogens is 2. The number of amides is 2. The van der Waals surface area contributed by atoms with Gasteiger partial charge in [-0.25, -0.2) is 28.6 Å². The third-order valence-corrected chi connectivity index (χ3v) is 9.41. The molecule has 0 bridgehead atoms. The first kappa shape index (κ1) is 38.0. The van der Waals surface area contributed by atoms with Gasteiger partial charge in [0.25, 0.3) is 0 Å². The predicted molar refractivity (Wildman–Crippen MR) is 171 cm³/mol. The molecule has 0 aliphatic rings. The maximum absolute atomic E-state index is 14.4. The van der Waals surface area contributed by atoms with Gasteiger partial charge >= 0.3 is 21.9 Å². The van der Waals surface area contributed by atoms with E-state index >= 15 is 0 Å². The Morgan fingerprint density at radius 3 is 2.38 bits per heavy atom. The molecule has 0 saturated heterocycles. The number of hydrogen-bond donors (Lipinski definition) is 2. The zero-order valence-corrected chi connectivity index (χ0v) is 28.3. The fourth-order valence-corrected chi connectivity index (χ4v) is 6.90. The fraction of sp³-hybridized carbons (Fsp3) is 0.433. The van der Waals surface area contributed by atoms with E-state index < -0.39 is 58.2 Å². The second kappa shape index (κ2) is 18.8. The minimum Gasteiger partial charge on any atom is -0.447 e. The maximum atomic E-state index is 14.4. The lowest BCUT2D eigenvalue weighted by Gasteiger charge is -2.33. The molecule has 1 aromatic heterocycles. The number of aromatic nitrogens is 1. The Kier molecular flexibility index (Phi) is 15.2. The van der Waals surface area contributed by atoms with Gasteiger partial charge in [-0.05, 0) is 42.9 Å². The van der Waals surface area contributed by atoms with Crippen molar-refractivity contribution in [1.82, 2.24) is 15.4 Å². The average molecular weight is 700 g/mol. The number of fused-ring (bicyclic) bond motifs is 1.